The summed E-state index contributed by atoms with van der Waals surface area (Å²) in [5.74, 6) is 0.626. The first-order chi connectivity index (χ1) is 8.72. The number of aromatic nitrogens is 1. The number of fused-ring (bicyclic) bond motifs is 1. The molecule has 0 amide bonds. The molecule has 0 aliphatic rings. The van der Waals surface area contributed by atoms with Crippen LogP contribution in [0.2, 0.25) is 0 Å². The second kappa shape index (κ2) is 5.21. The second-order valence-corrected chi connectivity index (χ2v) is 4.08. The highest BCUT2D eigenvalue weighted by Gasteiger charge is 2.13. The standard InChI is InChI=1S/C14H18FN3/c1-4-18(5-2)14-10-7-6-8-11(15)13(10)12(16-3)9-17-14/h6-9,16H,4-5H2,1-3H3. The molecule has 0 fully saturated rings. The van der Waals surface area contributed by atoms with Gasteiger partial charge in [-0.3, -0.25) is 0 Å². The van der Waals surface area contributed by atoms with Crippen molar-refractivity contribution in [2.45, 2.75) is 13.8 Å². The first-order valence-corrected chi connectivity index (χ1v) is 6.22. The number of hydrogen-bond donors (Lipinski definition) is 1. The fourth-order valence-corrected chi connectivity index (χ4v) is 2.21. The van der Waals surface area contributed by atoms with E-state index in [0.29, 0.717) is 5.39 Å². The molecule has 1 aromatic heterocycles. The largest absolute Gasteiger partial charge is 0.386 e. The van der Waals surface area contributed by atoms with Gasteiger partial charge in [0.15, 0.2) is 0 Å². The Morgan fingerprint density at radius 2 is 2.00 bits per heavy atom. The zero-order valence-electron chi connectivity index (χ0n) is 11.0. The topological polar surface area (TPSA) is 28.2 Å². The summed E-state index contributed by atoms with van der Waals surface area (Å²) in [5, 5.41) is 4.45. The Hall–Kier alpha value is -1.84. The lowest BCUT2D eigenvalue weighted by Crippen LogP contribution is -2.23. The van der Waals surface area contributed by atoms with Crippen molar-refractivity contribution in [3.63, 3.8) is 0 Å². The van der Waals surface area contributed by atoms with Gasteiger partial charge in [0, 0.05) is 30.9 Å². The van der Waals surface area contributed by atoms with Gasteiger partial charge in [0.1, 0.15) is 11.6 Å². The van der Waals surface area contributed by atoms with Crippen molar-refractivity contribution < 1.29 is 4.39 Å². The minimum atomic E-state index is -0.215. The third kappa shape index (κ3) is 1.98. The summed E-state index contributed by atoms with van der Waals surface area (Å²) in [7, 11) is 1.78. The fraction of sp³-hybridized carbons (Fsp3) is 0.357. The molecule has 0 radical (unpaired) electrons. The van der Waals surface area contributed by atoms with Crippen LogP contribution in [0.5, 0.6) is 0 Å². The molecule has 0 saturated heterocycles. The van der Waals surface area contributed by atoms with Gasteiger partial charge in [-0.25, -0.2) is 9.37 Å². The molecule has 4 heteroatoms. The summed E-state index contributed by atoms with van der Waals surface area (Å²) < 4.78 is 14.0. The summed E-state index contributed by atoms with van der Waals surface area (Å²) in [6, 6.07) is 5.13. The third-order valence-corrected chi connectivity index (χ3v) is 3.17. The molecule has 0 bridgehead atoms. The SMILES string of the molecule is CCN(CC)c1ncc(NC)c2c(F)cccc12. The van der Waals surface area contributed by atoms with Gasteiger partial charge in [-0.15, -0.1) is 0 Å². The van der Waals surface area contributed by atoms with E-state index in [4.69, 9.17) is 0 Å². The van der Waals surface area contributed by atoms with E-state index in [1.165, 1.54) is 6.07 Å². The summed E-state index contributed by atoms with van der Waals surface area (Å²) >= 11 is 0. The van der Waals surface area contributed by atoms with Crippen molar-refractivity contribution in [3.8, 4) is 0 Å². The van der Waals surface area contributed by atoms with Crippen LogP contribution in [0.1, 0.15) is 13.8 Å². The highest BCUT2D eigenvalue weighted by molar-refractivity contribution is 6.00. The third-order valence-electron chi connectivity index (χ3n) is 3.17. The average molecular weight is 247 g/mol. The molecule has 0 unspecified atom stereocenters. The number of halogens is 1. The maximum atomic E-state index is 14.0. The predicted molar refractivity (Wildman–Crippen MR) is 74.8 cm³/mol. The summed E-state index contributed by atoms with van der Waals surface area (Å²) in [6.45, 7) is 5.85. The van der Waals surface area contributed by atoms with Crippen molar-refractivity contribution in [1.82, 2.24) is 4.98 Å². The number of nitrogens with one attached hydrogen (secondary N) is 1. The summed E-state index contributed by atoms with van der Waals surface area (Å²) in [4.78, 5) is 6.58. The molecule has 18 heavy (non-hydrogen) atoms. The number of nitrogens with zero attached hydrogens (tertiary/aromatic N) is 2. The van der Waals surface area contributed by atoms with Gasteiger partial charge in [0.25, 0.3) is 0 Å². The van der Waals surface area contributed by atoms with Crippen molar-refractivity contribution in [3.05, 3.63) is 30.2 Å². The normalized spacial score (nSPS) is 10.7. The minimum Gasteiger partial charge on any atom is -0.386 e. The van der Waals surface area contributed by atoms with E-state index < -0.39 is 0 Å². The van der Waals surface area contributed by atoms with Crippen LogP contribution >= 0.6 is 0 Å². The molecule has 0 atom stereocenters. The summed E-state index contributed by atoms with van der Waals surface area (Å²) in [6.07, 6.45) is 1.69. The summed E-state index contributed by atoms with van der Waals surface area (Å²) in [5.41, 5.74) is 0.721. The predicted octanol–water partition coefficient (Wildman–Crippen LogP) is 3.26. The smallest absolute Gasteiger partial charge is 0.136 e. The molecule has 0 aliphatic carbocycles. The first kappa shape index (κ1) is 12.6. The number of benzene rings is 1. The lowest BCUT2D eigenvalue weighted by molar-refractivity contribution is 0.640. The highest BCUT2D eigenvalue weighted by Crippen LogP contribution is 2.31. The Morgan fingerprint density at radius 3 is 2.61 bits per heavy atom. The van der Waals surface area contributed by atoms with Gasteiger partial charge in [0.05, 0.1) is 11.9 Å². The van der Waals surface area contributed by atoms with Crippen molar-refractivity contribution in [2.75, 3.05) is 30.4 Å². The molecular formula is C14H18FN3. The Kier molecular flexibility index (Phi) is 3.65. The molecule has 1 aromatic carbocycles. The van der Waals surface area contributed by atoms with Crippen LogP contribution in [-0.2, 0) is 0 Å². The maximum absolute atomic E-state index is 14.0. The van der Waals surface area contributed by atoms with Crippen molar-refractivity contribution in [1.29, 1.82) is 0 Å². The van der Waals surface area contributed by atoms with E-state index in [2.05, 4.69) is 29.0 Å². The molecule has 3 nitrogen and oxygen atoms in total. The van der Waals surface area contributed by atoms with Crippen LogP contribution in [0.4, 0.5) is 15.9 Å². The molecule has 1 N–H and O–H groups in total. The number of hydrogen-bond acceptors (Lipinski definition) is 3. The molecule has 0 spiro atoms. The Bertz CT molecular complexity index is 550. The van der Waals surface area contributed by atoms with Crippen molar-refractivity contribution >= 4 is 22.3 Å². The van der Waals surface area contributed by atoms with Gasteiger partial charge < -0.3 is 10.2 Å². The van der Waals surface area contributed by atoms with Gasteiger partial charge in [0.2, 0.25) is 0 Å². The number of pyridine rings is 1. The van der Waals surface area contributed by atoms with Crippen LogP contribution in [0.15, 0.2) is 24.4 Å². The van der Waals surface area contributed by atoms with Crippen molar-refractivity contribution in [2.24, 2.45) is 0 Å². The number of rotatable bonds is 4. The van der Waals surface area contributed by atoms with E-state index in [1.54, 1.807) is 19.3 Å². The van der Waals surface area contributed by atoms with E-state index >= 15 is 0 Å². The van der Waals surface area contributed by atoms with Crippen LogP contribution < -0.4 is 10.2 Å². The Balaban J connectivity index is 2.74. The Labute approximate surface area is 107 Å². The molecule has 0 saturated carbocycles. The molecule has 2 rings (SSSR count). The molecule has 0 aliphatic heterocycles. The quantitative estimate of drug-likeness (QED) is 0.898. The lowest BCUT2D eigenvalue weighted by Gasteiger charge is -2.22. The van der Waals surface area contributed by atoms with E-state index in [1.807, 2.05) is 6.07 Å². The molecule has 96 valence electrons. The Morgan fingerprint density at radius 1 is 1.28 bits per heavy atom. The van der Waals surface area contributed by atoms with Gasteiger partial charge in [-0.05, 0) is 19.9 Å². The van der Waals surface area contributed by atoms with Gasteiger partial charge >= 0.3 is 0 Å². The van der Waals surface area contributed by atoms with Crippen LogP contribution in [0.3, 0.4) is 0 Å². The van der Waals surface area contributed by atoms with Crippen LogP contribution in [0.25, 0.3) is 10.8 Å². The zero-order valence-corrected chi connectivity index (χ0v) is 11.0. The van der Waals surface area contributed by atoms with Gasteiger partial charge in [-0.1, -0.05) is 12.1 Å². The van der Waals surface area contributed by atoms with E-state index in [0.717, 1.165) is 30.0 Å². The average Bonchev–Trinajstić information content (AvgIpc) is 2.40. The van der Waals surface area contributed by atoms with E-state index in [-0.39, 0.29) is 5.82 Å². The second-order valence-electron chi connectivity index (χ2n) is 4.08. The van der Waals surface area contributed by atoms with E-state index in [9.17, 15) is 4.39 Å². The highest BCUT2D eigenvalue weighted by atomic mass is 19.1. The van der Waals surface area contributed by atoms with Crippen LogP contribution in [-0.4, -0.2) is 25.1 Å². The number of anilines is 2. The van der Waals surface area contributed by atoms with Gasteiger partial charge in [-0.2, -0.15) is 0 Å². The zero-order chi connectivity index (χ0) is 13.1. The fourth-order valence-electron chi connectivity index (χ4n) is 2.21. The molecular weight excluding hydrogens is 229 g/mol. The first-order valence-electron chi connectivity index (χ1n) is 6.22. The maximum Gasteiger partial charge on any atom is 0.136 e. The molecule has 1 heterocycles. The lowest BCUT2D eigenvalue weighted by atomic mass is 10.1. The monoisotopic (exact) mass is 247 g/mol. The molecule has 2 aromatic rings. The van der Waals surface area contributed by atoms with Crippen LogP contribution in [0, 0.1) is 5.82 Å². The minimum absolute atomic E-state index is 0.215.